The fraction of sp³-hybridized carbons (Fsp3) is 0.208. The lowest BCUT2D eigenvalue weighted by atomic mass is 9.32. The SMILES string of the molecule is Cc1ccc(N2c3ccc(-n4c5ccccc5c5ccccc54)cc3B3c4cccc5c4N(c4ccccc4C54C5CC6CC(C5)CC4C6)c4cccc2c43)cc1. The second kappa shape index (κ2) is 10.9. The molecular weight excluding hydrogens is 689 g/mol. The molecule has 1 aromatic heterocycles. The Bertz CT molecular complexity index is 2950. The highest BCUT2D eigenvalue weighted by molar-refractivity contribution is 7.00. The van der Waals surface area contributed by atoms with Crippen LogP contribution in [0.2, 0.25) is 0 Å². The van der Waals surface area contributed by atoms with E-state index in [-0.39, 0.29) is 12.1 Å². The number of fused-ring (bicyclic) bond motifs is 9. The van der Waals surface area contributed by atoms with Crippen LogP contribution in [0.5, 0.6) is 0 Å². The fourth-order valence-corrected chi connectivity index (χ4v) is 13.8. The smallest absolute Gasteiger partial charge is 0.252 e. The van der Waals surface area contributed by atoms with E-state index in [1.165, 1.54) is 116 Å². The number of benzene rings is 7. The normalized spacial score (nSPS) is 24.2. The van der Waals surface area contributed by atoms with Gasteiger partial charge >= 0.3 is 0 Å². The van der Waals surface area contributed by atoms with Crippen molar-refractivity contribution in [3.63, 3.8) is 0 Å². The minimum Gasteiger partial charge on any atom is -0.311 e. The first-order valence-electron chi connectivity index (χ1n) is 21.3. The largest absolute Gasteiger partial charge is 0.311 e. The van der Waals surface area contributed by atoms with Crippen LogP contribution in [0.4, 0.5) is 34.1 Å². The van der Waals surface area contributed by atoms with Gasteiger partial charge in [0.2, 0.25) is 0 Å². The van der Waals surface area contributed by atoms with Crippen LogP contribution in [0, 0.1) is 30.6 Å². The van der Waals surface area contributed by atoms with Gasteiger partial charge in [0.05, 0.1) is 16.7 Å². The molecule has 3 nitrogen and oxygen atoms in total. The summed E-state index contributed by atoms with van der Waals surface area (Å²) in [7, 11) is 0. The highest BCUT2D eigenvalue weighted by atomic mass is 15.2. The molecule has 4 bridgehead atoms. The van der Waals surface area contributed by atoms with E-state index >= 15 is 0 Å². The molecule has 0 radical (unpaired) electrons. The summed E-state index contributed by atoms with van der Waals surface area (Å²) in [5.74, 6) is 3.22. The Labute approximate surface area is 334 Å². The third-order valence-corrected chi connectivity index (χ3v) is 15.6. The maximum atomic E-state index is 2.71. The van der Waals surface area contributed by atoms with Gasteiger partial charge in [0.1, 0.15) is 0 Å². The summed E-state index contributed by atoms with van der Waals surface area (Å²) in [6.07, 6.45) is 6.99. The summed E-state index contributed by atoms with van der Waals surface area (Å²) < 4.78 is 2.50. The maximum Gasteiger partial charge on any atom is 0.252 e. The van der Waals surface area contributed by atoms with E-state index in [0.29, 0.717) is 11.8 Å². The first-order chi connectivity index (χ1) is 28.2. The molecule has 4 fully saturated rings. The van der Waals surface area contributed by atoms with Crippen molar-refractivity contribution in [1.29, 1.82) is 0 Å². The lowest BCUT2D eigenvalue weighted by Crippen LogP contribution is -2.64. The first kappa shape index (κ1) is 31.1. The molecule has 7 aliphatic rings. The van der Waals surface area contributed by atoms with Gasteiger partial charge in [-0.3, -0.25) is 0 Å². The highest BCUT2D eigenvalue weighted by Crippen LogP contribution is 2.69. The average Bonchev–Trinajstić information content (AvgIpc) is 3.58. The number of hydrogen-bond acceptors (Lipinski definition) is 2. The number of para-hydroxylation sites is 4. The summed E-state index contributed by atoms with van der Waals surface area (Å²) in [6.45, 7) is 2.27. The zero-order valence-corrected chi connectivity index (χ0v) is 32.2. The van der Waals surface area contributed by atoms with Crippen molar-refractivity contribution in [2.24, 2.45) is 23.7 Å². The third kappa shape index (κ3) is 3.81. The van der Waals surface area contributed by atoms with Gasteiger partial charge in [0.25, 0.3) is 6.71 Å². The molecule has 0 unspecified atom stereocenters. The average molecular weight is 732 g/mol. The van der Waals surface area contributed by atoms with Crippen LogP contribution < -0.4 is 26.2 Å². The molecule has 0 saturated heterocycles. The highest BCUT2D eigenvalue weighted by Gasteiger charge is 2.62. The van der Waals surface area contributed by atoms with Gasteiger partial charge in [0, 0.05) is 50.3 Å². The van der Waals surface area contributed by atoms with E-state index in [1.807, 2.05) is 0 Å². The van der Waals surface area contributed by atoms with Crippen molar-refractivity contribution in [2.45, 2.75) is 44.4 Å². The van der Waals surface area contributed by atoms with Crippen LogP contribution in [-0.4, -0.2) is 11.3 Å². The monoisotopic (exact) mass is 731 g/mol. The Morgan fingerprint density at radius 2 is 1.09 bits per heavy atom. The molecule has 7 aromatic carbocycles. The van der Waals surface area contributed by atoms with Crippen LogP contribution in [0.25, 0.3) is 27.5 Å². The van der Waals surface area contributed by atoms with E-state index < -0.39 is 0 Å². The van der Waals surface area contributed by atoms with E-state index in [0.717, 1.165) is 11.8 Å². The van der Waals surface area contributed by atoms with E-state index in [2.05, 4.69) is 173 Å². The van der Waals surface area contributed by atoms with Gasteiger partial charge < -0.3 is 14.4 Å². The molecule has 3 aliphatic heterocycles. The molecule has 15 rings (SSSR count). The molecule has 4 heteroatoms. The van der Waals surface area contributed by atoms with Crippen molar-refractivity contribution in [1.82, 2.24) is 4.57 Å². The number of hydrogen-bond donors (Lipinski definition) is 0. The molecule has 272 valence electrons. The van der Waals surface area contributed by atoms with Gasteiger partial charge in [-0.15, -0.1) is 0 Å². The summed E-state index contributed by atoms with van der Waals surface area (Å²) >= 11 is 0. The molecule has 1 spiro atoms. The van der Waals surface area contributed by atoms with Crippen molar-refractivity contribution >= 4 is 79.0 Å². The van der Waals surface area contributed by atoms with Crippen molar-refractivity contribution < 1.29 is 0 Å². The Balaban J connectivity index is 1.08. The lowest BCUT2D eigenvalue weighted by Gasteiger charge is -2.64. The molecule has 0 amide bonds. The van der Waals surface area contributed by atoms with Gasteiger partial charge in [-0.1, -0.05) is 96.6 Å². The topological polar surface area (TPSA) is 11.4 Å². The summed E-state index contributed by atoms with van der Waals surface area (Å²) in [6, 6.07) is 58.5. The number of nitrogens with zero attached hydrogens (tertiary/aromatic N) is 3. The van der Waals surface area contributed by atoms with Gasteiger partial charge in [-0.05, 0) is 151 Å². The van der Waals surface area contributed by atoms with Crippen LogP contribution in [0.1, 0.15) is 48.8 Å². The number of aryl methyl sites for hydroxylation is 1. The summed E-state index contributed by atoms with van der Waals surface area (Å²) in [5.41, 5.74) is 20.4. The summed E-state index contributed by atoms with van der Waals surface area (Å²) in [5, 5.41) is 2.59. The first-order valence-corrected chi connectivity index (χ1v) is 21.3. The van der Waals surface area contributed by atoms with E-state index in [4.69, 9.17) is 0 Å². The Morgan fingerprint density at radius 3 is 1.82 bits per heavy atom. The molecule has 4 heterocycles. The zero-order valence-electron chi connectivity index (χ0n) is 32.2. The van der Waals surface area contributed by atoms with Gasteiger partial charge in [-0.25, -0.2) is 0 Å². The Kier molecular flexibility index (Phi) is 5.95. The molecule has 0 atom stereocenters. The minimum atomic E-state index is 0.0667. The Hall–Kier alpha value is -6.00. The maximum absolute atomic E-state index is 2.71. The van der Waals surface area contributed by atoms with Crippen molar-refractivity contribution in [3.8, 4) is 5.69 Å². The van der Waals surface area contributed by atoms with E-state index in [1.54, 1.807) is 11.1 Å². The molecule has 4 aliphatic carbocycles. The fourth-order valence-electron chi connectivity index (χ4n) is 13.8. The Morgan fingerprint density at radius 1 is 0.491 bits per heavy atom. The molecule has 0 N–H and O–H groups in total. The zero-order chi connectivity index (χ0) is 37.1. The van der Waals surface area contributed by atoms with Crippen LogP contribution >= 0.6 is 0 Å². The molecule has 4 saturated carbocycles. The second-order valence-corrected chi connectivity index (χ2v) is 18.2. The third-order valence-electron chi connectivity index (χ3n) is 15.6. The summed E-state index contributed by atoms with van der Waals surface area (Å²) in [4.78, 5) is 5.25. The minimum absolute atomic E-state index is 0.0667. The predicted molar refractivity (Wildman–Crippen MR) is 237 cm³/mol. The standard InChI is InChI=1S/C53H42BN3/c1-32-20-22-37(23-21-32)55-48-25-24-38(56-45-15-5-2-10-39(45)40-11-3-6-16-46(40)56)31-44(48)54-43-14-8-13-42-52(43)57(50-19-9-18-49(55)51(50)54)47-17-7-4-12-41(47)53(42)35-27-33-26-34(29-35)30-36(53)28-33/h2-25,31,33-36H,26-30H2,1H3. The molecule has 8 aromatic rings. The van der Waals surface area contributed by atoms with Crippen LogP contribution in [0.15, 0.2) is 152 Å². The second-order valence-electron chi connectivity index (χ2n) is 18.2. The number of anilines is 6. The van der Waals surface area contributed by atoms with Gasteiger partial charge in [-0.2, -0.15) is 0 Å². The lowest BCUT2D eigenvalue weighted by molar-refractivity contribution is -0.0419. The predicted octanol–water partition coefficient (Wildman–Crippen LogP) is 11.2. The van der Waals surface area contributed by atoms with Crippen molar-refractivity contribution in [3.05, 3.63) is 168 Å². The van der Waals surface area contributed by atoms with Gasteiger partial charge in [0.15, 0.2) is 0 Å². The van der Waals surface area contributed by atoms with Crippen LogP contribution in [-0.2, 0) is 5.41 Å². The van der Waals surface area contributed by atoms with Crippen molar-refractivity contribution in [2.75, 3.05) is 9.80 Å². The quantitative estimate of drug-likeness (QED) is 0.164. The molecular formula is C53H42BN3. The number of aromatic nitrogens is 1. The molecule has 57 heavy (non-hydrogen) atoms. The van der Waals surface area contributed by atoms with E-state index in [9.17, 15) is 0 Å². The van der Waals surface area contributed by atoms with Crippen LogP contribution in [0.3, 0.4) is 0 Å². The number of rotatable bonds is 2.